The monoisotopic (exact) mass is 423 g/mol. The Labute approximate surface area is 182 Å². The van der Waals surface area contributed by atoms with Crippen LogP contribution in [-0.4, -0.2) is 40.6 Å². The standard InChI is InChI=1S/C24H29N3O2S/c1-3-21-18(2)30-24(25-21)26-22(29)17-27(15-10-16-28)23(19-11-6-4-7-12-19)20-13-8-5-9-14-20/h4-9,11-14,23,28H,3,10,15-17H2,1-2H3,(H,25,26,29). The van der Waals surface area contributed by atoms with E-state index in [1.54, 1.807) is 0 Å². The van der Waals surface area contributed by atoms with Gasteiger partial charge in [0.15, 0.2) is 5.13 Å². The lowest BCUT2D eigenvalue weighted by Crippen LogP contribution is -2.37. The predicted octanol–water partition coefficient (Wildman–Crippen LogP) is 4.43. The number of aliphatic hydroxyl groups is 1. The highest BCUT2D eigenvalue weighted by Gasteiger charge is 2.24. The van der Waals surface area contributed by atoms with Crippen molar-refractivity contribution in [1.29, 1.82) is 0 Å². The van der Waals surface area contributed by atoms with E-state index in [1.807, 2.05) is 43.3 Å². The topological polar surface area (TPSA) is 65.5 Å². The average molecular weight is 424 g/mol. The number of carbonyl (C=O) groups is 1. The number of aliphatic hydroxyl groups excluding tert-OH is 1. The zero-order chi connectivity index (χ0) is 21.3. The number of carbonyl (C=O) groups excluding carboxylic acids is 1. The Bertz CT molecular complexity index is 889. The van der Waals surface area contributed by atoms with Gasteiger partial charge in [0.2, 0.25) is 5.91 Å². The van der Waals surface area contributed by atoms with Crippen molar-refractivity contribution in [1.82, 2.24) is 9.88 Å². The van der Waals surface area contributed by atoms with E-state index in [0.29, 0.717) is 18.1 Å². The Morgan fingerprint density at radius 1 is 1.10 bits per heavy atom. The largest absolute Gasteiger partial charge is 0.396 e. The van der Waals surface area contributed by atoms with Crippen molar-refractivity contribution in [3.8, 4) is 0 Å². The molecule has 0 radical (unpaired) electrons. The molecule has 5 nitrogen and oxygen atoms in total. The molecule has 1 heterocycles. The molecule has 0 fully saturated rings. The second-order valence-corrected chi connectivity index (χ2v) is 8.40. The number of rotatable bonds is 10. The molecule has 30 heavy (non-hydrogen) atoms. The molecule has 1 aromatic heterocycles. The van der Waals surface area contributed by atoms with Gasteiger partial charge in [-0.3, -0.25) is 9.69 Å². The van der Waals surface area contributed by atoms with Crippen LogP contribution < -0.4 is 5.32 Å². The van der Waals surface area contributed by atoms with Gasteiger partial charge >= 0.3 is 0 Å². The second-order valence-electron chi connectivity index (χ2n) is 7.20. The lowest BCUT2D eigenvalue weighted by atomic mass is 9.96. The zero-order valence-electron chi connectivity index (χ0n) is 17.5. The van der Waals surface area contributed by atoms with Gasteiger partial charge in [-0.1, -0.05) is 67.6 Å². The maximum Gasteiger partial charge on any atom is 0.240 e. The van der Waals surface area contributed by atoms with Crippen molar-refractivity contribution in [2.75, 3.05) is 25.0 Å². The maximum absolute atomic E-state index is 12.9. The van der Waals surface area contributed by atoms with E-state index in [1.165, 1.54) is 11.3 Å². The third-order valence-electron chi connectivity index (χ3n) is 5.02. The SMILES string of the molecule is CCc1nc(NC(=O)CN(CCCO)C(c2ccccc2)c2ccccc2)sc1C. The van der Waals surface area contributed by atoms with Crippen molar-refractivity contribution >= 4 is 22.4 Å². The summed E-state index contributed by atoms with van der Waals surface area (Å²) in [6.45, 7) is 5.00. The van der Waals surface area contributed by atoms with E-state index < -0.39 is 0 Å². The minimum Gasteiger partial charge on any atom is -0.396 e. The quantitative estimate of drug-likeness (QED) is 0.506. The molecule has 0 spiro atoms. The van der Waals surface area contributed by atoms with Gasteiger partial charge in [-0.2, -0.15) is 0 Å². The summed E-state index contributed by atoms with van der Waals surface area (Å²) in [6.07, 6.45) is 1.45. The van der Waals surface area contributed by atoms with Gasteiger partial charge in [0, 0.05) is 18.0 Å². The average Bonchev–Trinajstić information content (AvgIpc) is 3.12. The van der Waals surface area contributed by atoms with Crippen LogP contribution in [0, 0.1) is 6.92 Å². The van der Waals surface area contributed by atoms with E-state index in [-0.39, 0.29) is 25.1 Å². The Balaban J connectivity index is 1.85. The van der Waals surface area contributed by atoms with Crippen LogP contribution in [0.4, 0.5) is 5.13 Å². The first-order valence-electron chi connectivity index (χ1n) is 10.3. The fourth-order valence-electron chi connectivity index (χ4n) is 3.61. The summed E-state index contributed by atoms with van der Waals surface area (Å²) in [5.41, 5.74) is 3.26. The van der Waals surface area contributed by atoms with Gasteiger partial charge in [-0.15, -0.1) is 11.3 Å². The van der Waals surface area contributed by atoms with Gasteiger partial charge in [-0.05, 0) is 30.9 Å². The molecule has 3 rings (SSSR count). The van der Waals surface area contributed by atoms with E-state index in [4.69, 9.17) is 0 Å². The van der Waals surface area contributed by atoms with E-state index in [9.17, 15) is 9.90 Å². The van der Waals surface area contributed by atoms with Gasteiger partial charge in [0.1, 0.15) is 0 Å². The number of nitrogens with one attached hydrogen (secondary N) is 1. The minimum atomic E-state index is -0.0961. The Morgan fingerprint density at radius 2 is 1.70 bits per heavy atom. The molecule has 0 bridgehead atoms. The third kappa shape index (κ3) is 5.75. The summed E-state index contributed by atoms with van der Waals surface area (Å²) in [4.78, 5) is 20.7. The normalized spacial score (nSPS) is 11.2. The lowest BCUT2D eigenvalue weighted by Gasteiger charge is -2.32. The number of thiazole rings is 1. The van der Waals surface area contributed by atoms with Crippen LogP contribution in [0.25, 0.3) is 0 Å². The minimum absolute atomic E-state index is 0.0751. The molecule has 2 N–H and O–H groups in total. The first kappa shape index (κ1) is 22.2. The van der Waals surface area contributed by atoms with Crippen LogP contribution >= 0.6 is 11.3 Å². The van der Waals surface area contributed by atoms with Gasteiger partial charge in [0.05, 0.1) is 18.3 Å². The number of aromatic nitrogens is 1. The smallest absolute Gasteiger partial charge is 0.240 e. The molecule has 0 aliphatic carbocycles. The number of nitrogens with zero attached hydrogens (tertiary/aromatic N) is 2. The Hall–Kier alpha value is -2.54. The van der Waals surface area contributed by atoms with Gasteiger partial charge in [0.25, 0.3) is 0 Å². The van der Waals surface area contributed by atoms with Crippen molar-refractivity contribution < 1.29 is 9.90 Å². The molecule has 158 valence electrons. The van der Waals surface area contributed by atoms with Crippen LogP contribution in [0.15, 0.2) is 60.7 Å². The van der Waals surface area contributed by atoms with Gasteiger partial charge < -0.3 is 10.4 Å². The first-order chi connectivity index (χ1) is 14.6. The zero-order valence-corrected chi connectivity index (χ0v) is 18.4. The summed E-state index contributed by atoms with van der Waals surface area (Å²) in [6, 6.07) is 20.3. The van der Waals surface area contributed by atoms with Crippen molar-refractivity contribution in [2.45, 2.75) is 32.7 Å². The molecule has 0 saturated heterocycles. The molecule has 0 aliphatic heterocycles. The summed E-state index contributed by atoms with van der Waals surface area (Å²) in [5.74, 6) is -0.0961. The van der Waals surface area contributed by atoms with Crippen molar-refractivity contribution in [3.05, 3.63) is 82.4 Å². The summed E-state index contributed by atoms with van der Waals surface area (Å²) in [5, 5.41) is 13.0. The molecular formula is C24H29N3O2S. The molecular weight excluding hydrogens is 394 g/mol. The molecule has 1 amide bonds. The molecule has 2 aromatic carbocycles. The predicted molar refractivity (Wildman–Crippen MR) is 123 cm³/mol. The summed E-state index contributed by atoms with van der Waals surface area (Å²) >= 11 is 1.51. The number of anilines is 1. The van der Waals surface area contributed by atoms with E-state index in [0.717, 1.165) is 28.1 Å². The highest BCUT2D eigenvalue weighted by atomic mass is 32.1. The molecule has 3 aromatic rings. The van der Waals surface area contributed by atoms with Crippen molar-refractivity contribution in [3.63, 3.8) is 0 Å². The number of benzene rings is 2. The maximum atomic E-state index is 12.9. The first-order valence-corrected chi connectivity index (χ1v) is 11.1. The fraction of sp³-hybridized carbons (Fsp3) is 0.333. The molecule has 6 heteroatoms. The highest BCUT2D eigenvalue weighted by molar-refractivity contribution is 7.15. The number of hydrogen-bond donors (Lipinski definition) is 2. The highest BCUT2D eigenvalue weighted by Crippen LogP contribution is 2.29. The number of aryl methyl sites for hydroxylation is 2. The summed E-state index contributed by atoms with van der Waals surface area (Å²) in [7, 11) is 0. The Morgan fingerprint density at radius 3 is 2.20 bits per heavy atom. The van der Waals surface area contributed by atoms with Crippen LogP contribution in [0.1, 0.15) is 41.1 Å². The number of amides is 1. The van der Waals surface area contributed by atoms with Crippen molar-refractivity contribution in [2.24, 2.45) is 0 Å². The van der Waals surface area contributed by atoms with Crippen LogP contribution in [0.5, 0.6) is 0 Å². The molecule has 0 aliphatic rings. The van der Waals surface area contributed by atoms with E-state index in [2.05, 4.69) is 46.4 Å². The van der Waals surface area contributed by atoms with Crippen LogP contribution in [0.3, 0.4) is 0 Å². The summed E-state index contributed by atoms with van der Waals surface area (Å²) < 4.78 is 0. The third-order valence-corrected chi connectivity index (χ3v) is 5.95. The van der Waals surface area contributed by atoms with Gasteiger partial charge in [-0.25, -0.2) is 4.98 Å². The van der Waals surface area contributed by atoms with Crippen LogP contribution in [0.2, 0.25) is 0 Å². The molecule has 0 saturated carbocycles. The molecule has 0 unspecified atom stereocenters. The van der Waals surface area contributed by atoms with Crippen LogP contribution in [-0.2, 0) is 11.2 Å². The number of hydrogen-bond acceptors (Lipinski definition) is 5. The van der Waals surface area contributed by atoms with E-state index >= 15 is 0 Å². The Kier molecular flexibility index (Phi) is 8.13. The fourth-order valence-corrected chi connectivity index (χ4v) is 4.53. The second kappa shape index (κ2) is 11.0. The molecule has 0 atom stereocenters. The lowest BCUT2D eigenvalue weighted by molar-refractivity contribution is -0.117.